The second kappa shape index (κ2) is 7.13. The van der Waals surface area contributed by atoms with Crippen LogP contribution in [0.25, 0.3) is 0 Å². The Morgan fingerprint density at radius 1 is 1.45 bits per heavy atom. The average molecular weight is 327 g/mol. The molecule has 0 bridgehead atoms. The fraction of sp³-hybridized carbons (Fsp3) is 0.357. The van der Waals surface area contributed by atoms with Crippen LogP contribution in [0.1, 0.15) is 16.8 Å². The molecule has 7 nitrogen and oxygen atoms in total. The van der Waals surface area contributed by atoms with E-state index < -0.39 is 12.1 Å². The topological polar surface area (TPSA) is 84.9 Å². The molecule has 0 aliphatic carbocycles. The highest BCUT2D eigenvalue weighted by Crippen LogP contribution is 2.23. The van der Waals surface area contributed by atoms with Crippen molar-refractivity contribution in [2.75, 3.05) is 32.1 Å². The van der Waals surface area contributed by atoms with Gasteiger partial charge in [-0.2, -0.15) is 0 Å². The summed E-state index contributed by atoms with van der Waals surface area (Å²) in [5, 5.41) is 2.92. The van der Waals surface area contributed by atoms with Gasteiger partial charge in [0.05, 0.1) is 29.9 Å². The molecule has 0 unspecified atom stereocenters. The minimum atomic E-state index is -0.521. The van der Waals surface area contributed by atoms with Gasteiger partial charge >= 0.3 is 12.1 Å². The van der Waals surface area contributed by atoms with Gasteiger partial charge in [0.15, 0.2) is 0 Å². The lowest BCUT2D eigenvalue weighted by Crippen LogP contribution is -2.28. The average Bonchev–Trinajstić information content (AvgIpc) is 2.92. The van der Waals surface area contributed by atoms with Crippen LogP contribution in [-0.2, 0) is 14.3 Å². The van der Waals surface area contributed by atoms with Crippen LogP contribution in [-0.4, -0.2) is 49.7 Å². The molecule has 0 aromatic heterocycles. The van der Waals surface area contributed by atoms with E-state index in [1.165, 1.54) is 30.2 Å². The highest BCUT2D eigenvalue weighted by Gasteiger charge is 2.22. The molecule has 1 N–H and O–H groups in total. The summed E-state index contributed by atoms with van der Waals surface area (Å²) in [4.78, 5) is 36.1. The maximum atomic E-state index is 11.9. The molecule has 1 aliphatic rings. The molecule has 1 saturated heterocycles. The van der Waals surface area contributed by atoms with Crippen LogP contribution < -0.4 is 5.32 Å². The number of halogens is 1. The smallest absolute Gasteiger partial charge is 0.409 e. The number of ether oxygens (including phenoxy) is 2. The molecule has 1 heterocycles. The zero-order valence-electron chi connectivity index (χ0n) is 11.9. The summed E-state index contributed by atoms with van der Waals surface area (Å²) in [5.41, 5.74) is 0.601. The van der Waals surface area contributed by atoms with Crippen molar-refractivity contribution in [3.05, 3.63) is 28.8 Å². The minimum Gasteiger partial charge on any atom is -0.465 e. The predicted octanol–water partition coefficient (Wildman–Crippen LogP) is 1.91. The van der Waals surface area contributed by atoms with Crippen molar-refractivity contribution in [1.29, 1.82) is 0 Å². The van der Waals surface area contributed by atoms with Gasteiger partial charge in [0, 0.05) is 13.0 Å². The van der Waals surface area contributed by atoms with Crippen LogP contribution in [0.2, 0.25) is 5.02 Å². The molecule has 0 atom stereocenters. The molecular weight excluding hydrogens is 312 g/mol. The summed E-state index contributed by atoms with van der Waals surface area (Å²) in [6.07, 6.45) is -0.313. The third kappa shape index (κ3) is 3.88. The summed E-state index contributed by atoms with van der Waals surface area (Å²) in [7, 11) is 1.27. The third-order valence-electron chi connectivity index (χ3n) is 3.12. The van der Waals surface area contributed by atoms with Crippen LogP contribution in [0.4, 0.5) is 10.5 Å². The highest BCUT2D eigenvalue weighted by atomic mass is 35.5. The highest BCUT2D eigenvalue weighted by molar-refractivity contribution is 6.33. The van der Waals surface area contributed by atoms with Crippen molar-refractivity contribution in [2.24, 2.45) is 0 Å². The van der Waals surface area contributed by atoms with Crippen molar-refractivity contribution < 1.29 is 23.9 Å². The van der Waals surface area contributed by atoms with E-state index >= 15 is 0 Å². The summed E-state index contributed by atoms with van der Waals surface area (Å²) in [6.45, 7) is 1.08. The molecule has 1 fully saturated rings. The lowest BCUT2D eigenvalue weighted by Gasteiger charge is -2.13. The quantitative estimate of drug-likeness (QED) is 0.835. The van der Waals surface area contributed by atoms with Crippen LogP contribution in [0.15, 0.2) is 18.2 Å². The molecule has 22 heavy (non-hydrogen) atoms. The van der Waals surface area contributed by atoms with Gasteiger partial charge in [-0.1, -0.05) is 11.6 Å². The number of carbonyl (C=O) groups is 3. The van der Waals surface area contributed by atoms with Crippen molar-refractivity contribution in [3.8, 4) is 0 Å². The number of cyclic esters (lactones) is 1. The van der Waals surface area contributed by atoms with Gasteiger partial charge in [-0.25, -0.2) is 9.59 Å². The van der Waals surface area contributed by atoms with Gasteiger partial charge in [-0.15, -0.1) is 0 Å². The Morgan fingerprint density at radius 3 is 2.86 bits per heavy atom. The summed E-state index contributed by atoms with van der Waals surface area (Å²) in [5.74, 6) is -0.837. The summed E-state index contributed by atoms with van der Waals surface area (Å²) < 4.78 is 9.38. The van der Waals surface area contributed by atoms with Gasteiger partial charge in [0.2, 0.25) is 5.91 Å². The van der Waals surface area contributed by atoms with E-state index in [0.717, 1.165) is 0 Å². The first-order valence-corrected chi connectivity index (χ1v) is 6.98. The Morgan fingerprint density at radius 2 is 2.23 bits per heavy atom. The molecule has 118 valence electrons. The summed E-state index contributed by atoms with van der Waals surface area (Å²) in [6, 6.07) is 4.45. The molecular formula is C14H15ClN2O5. The maximum Gasteiger partial charge on any atom is 0.409 e. The van der Waals surface area contributed by atoms with Crippen LogP contribution in [0.5, 0.6) is 0 Å². The number of rotatable bonds is 5. The fourth-order valence-corrected chi connectivity index (χ4v) is 2.11. The van der Waals surface area contributed by atoms with E-state index in [4.69, 9.17) is 16.3 Å². The van der Waals surface area contributed by atoms with Crippen molar-refractivity contribution in [3.63, 3.8) is 0 Å². The third-order valence-corrected chi connectivity index (χ3v) is 3.44. The molecule has 1 aliphatic heterocycles. The van der Waals surface area contributed by atoms with Gasteiger partial charge in [0.1, 0.15) is 6.61 Å². The number of nitrogens with one attached hydrogen (secondary N) is 1. The molecule has 1 aromatic rings. The number of hydrogen-bond donors (Lipinski definition) is 1. The van der Waals surface area contributed by atoms with Gasteiger partial charge in [-0.05, 0) is 18.2 Å². The van der Waals surface area contributed by atoms with Gasteiger partial charge in [-0.3, -0.25) is 4.79 Å². The molecule has 0 radical (unpaired) electrons. The van der Waals surface area contributed by atoms with Crippen molar-refractivity contribution in [2.45, 2.75) is 6.42 Å². The fourth-order valence-electron chi connectivity index (χ4n) is 1.94. The first kappa shape index (κ1) is 16.1. The number of benzene rings is 1. The zero-order valence-corrected chi connectivity index (χ0v) is 12.7. The molecule has 0 saturated carbocycles. The van der Waals surface area contributed by atoms with Gasteiger partial charge in [0.25, 0.3) is 0 Å². The standard InChI is InChI=1S/C14H15ClN2O5/c1-21-13(19)9-2-3-10(15)11(8-9)16-12(18)4-5-17-6-7-22-14(17)20/h2-3,8H,4-7H2,1H3,(H,16,18). The van der Waals surface area contributed by atoms with Crippen molar-refractivity contribution >= 4 is 35.3 Å². The van der Waals surface area contributed by atoms with E-state index in [1.54, 1.807) is 0 Å². The largest absolute Gasteiger partial charge is 0.465 e. The van der Waals surface area contributed by atoms with E-state index in [-0.39, 0.29) is 24.4 Å². The van der Waals surface area contributed by atoms with E-state index in [1.807, 2.05) is 0 Å². The van der Waals surface area contributed by atoms with E-state index in [2.05, 4.69) is 10.1 Å². The number of esters is 1. The Bertz CT molecular complexity index is 605. The molecule has 2 rings (SSSR count). The Kier molecular flexibility index (Phi) is 5.21. The Balaban J connectivity index is 1.95. The second-order valence-corrected chi connectivity index (χ2v) is 4.99. The first-order valence-electron chi connectivity index (χ1n) is 6.60. The van der Waals surface area contributed by atoms with Crippen LogP contribution >= 0.6 is 11.6 Å². The van der Waals surface area contributed by atoms with E-state index in [0.29, 0.717) is 23.9 Å². The molecule has 0 spiro atoms. The first-order chi connectivity index (χ1) is 10.5. The number of hydrogen-bond acceptors (Lipinski definition) is 5. The lowest BCUT2D eigenvalue weighted by atomic mass is 10.2. The van der Waals surface area contributed by atoms with Crippen LogP contribution in [0, 0.1) is 0 Å². The Hall–Kier alpha value is -2.28. The summed E-state index contributed by atoms with van der Waals surface area (Å²) >= 11 is 5.99. The van der Waals surface area contributed by atoms with Crippen LogP contribution in [0.3, 0.4) is 0 Å². The lowest BCUT2D eigenvalue weighted by molar-refractivity contribution is -0.116. The predicted molar refractivity (Wildman–Crippen MR) is 79.0 cm³/mol. The van der Waals surface area contributed by atoms with Crippen molar-refractivity contribution in [1.82, 2.24) is 4.90 Å². The number of nitrogens with zero attached hydrogens (tertiary/aromatic N) is 1. The van der Waals surface area contributed by atoms with E-state index in [9.17, 15) is 14.4 Å². The Labute approximate surface area is 132 Å². The molecule has 1 aromatic carbocycles. The normalized spacial score (nSPS) is 13.7. The molecule has 8 heteroatoms. The zero-order chi connectivity index (χ0) is 16.1. The minimum absolute atomic E-state index is 0.105. The number of amides is 2. The molecule has 2 amide bonds. The monoisotopic (exact) mass is 326 g/mol. The number of methoxy groups -OCH3 is 1. The number of anilines is 1. The van der Waals surface area contributed by atoms with Gasteiger partial charge < -0.3 is 19.7 Å². The second-order valence-electron chi connectivity index (χ2n) is 4.59. The maximum absolute atomic E-state index is 11.9. The number of carbonyl (C=O) groups excluding carboxylic acids is 3. The SMILES string of the molecule is COC(=O)c1ccc(Cl)c(NC(=O)CCN2CCOC2=O)c1.